The van der Waals surface area contributed by atoms with Gasteiger partial charge in [0, 0.05) is 12.6 Å². The van der Waals surface area contributed by atoms with Gasteiger partial charge >= 0.3 is 12.0 Å². The van der Waals surface area contributed by atoms with Gasteiger partial charge in [0.15, 0.2) is 11.6 Å². The molecule has 20 heavy (non-hydrogen) atoms. The molecule has 2 amide bonds. The van der Waals surface area contributed by atoms with Crippen molar-refractivity contribution in [3.05, 3.63) is 29.3 Å². The lowest BCUT2D eigenvalue weighted by Gasteiger charge is -2.19. The monoisotopic (exact) mass is 286 g/mol. The molecular weight excluding hydrogens is 270 g/mol. The number of carbonyl (C=O) groups is 2. The number of hydrogen-bond acceptors (Lipinski definition) is 2. The molecule has 1 aromatic carbocycles. The molecule has 0 aromatic heterocycles. The predicted molar refractivity (Wildman–Crippen MR) is 69.8 cm³/mol. The first-order valence-corrected chi connectivity index (χ1v) is 5.87. The average molecular weight is 286 g/mol. The molecule has 0 radical (unpaired) electrons. The van der Waals surface area contributed by atoms with Gasteiger partial charge in [0.25, 0.3) is 0 Å². The first kappa shape index (κ1) is 15.9. The number of nitrogens with one attached hydrogen (secondary N) is 2. The summed E-state index contributed by atoms with van der Waals surface area (Å²) in [6.07, 6.45) is 0. The highest BCUT2D eigenvalue weighted by Gasteiger charge is 2.18. The molecule has 0 fully saturated rings. The van der Waals surface area contributed by atoms with Crippen LogP contribution in [0, 0.1) is 17.0 Å². The topological polar surface area (TPSA) is 78.4 Å². The molecule has 1 aromatic rings. The minimum atomic E-state index is -1.46. The summed E-state index contributed by atoms with van der Waals surface area (Å²) in [6.45, 7) is 6.03. The molecule has 0 atom stereocenters. The number of carboxylic acids is 1. The van der Waals surface area contributed by atoms with Crippen molar-refractivity contribution in [2.24, 2.45) is 5.41 Å². The van der Waals surface area contributed by atoms with Gasteiger partial charge in [-0.25, -0.2) is 18.4 Å². The zero-order chi connectivity index (χ0) is 15.5. The van der Waals surface area contributed by atoms with E-state index < -0.39 is 29.2 Å². The van der Waals surface area contributed by atoms with E-state index >= 15 is 0 Å². The Balaban J connectivity index is 2.89. The highest BCUT2D eigenvalue weighted by Crippen LogP contribution is 2.20. The van der Waals surface area contributed by atoms with E-state index in [0.29, 0.717) is 18.7 Å². The van der Waals surface area contributed by atoms with Crippen molar-refractivity contribution < 1.29 is 23.5 Å². The Morgan fingerprint density at radius 1 is 1.20 bits per heavy atom. The van der Waals surface area contributed by atoms with Gasteiger partial charge in [0.05, 0.1) is 11.3 Å². The SMILES string of the molecule is CC(C)(C)CNC(=O)Nc1cc(F)c(F)cc1C(=O)O. The van der Waals surface area contributed by atoms with Crippen LogP contribution in [-0.2, 0) is 0 Å². The third-order valence-corrected chi connectivity index (χ3v) is 2.32. The molecule has 5 nitrogen and oxygen atoms in total. The van der Waals surface area contributed by atoms with Gasteiger partial charge < -0.3 is 15.7 Å². The van der Waals surface area contributed by atoms with E-state index in [2.05, 4.69) is 10.6 Å². The van der Waals surface area contributed by atoms with Crippen molar-refractivity contribution in [1.29, 1.82) is 0 Å². The number of carboxylic acid groups (broad SMARTS) is 1. The van der Waals surface area contributed by atoms with Crippen LogP contribution in [0.15, 0.2) is 12.1 Å². The quantitative estimate of drug-likeness (QED) is 0.799. The Morgan fingerprint density at radius 3 is 2.25 bits per heavy atom. The Morgan fingerprint density at radius 2 is 1.75 bits per heavy atom. The average Bonchev–Trinajstić information content (AvgIpc) is 2.29. The highest BCUT2D eigenvalue weighted by atomic mass is 19.2. The van der Waals surface area contributed by atoms with Gasteiger partial charge in [-0.15, -0.1) is 0 Å². The largest absolute Gasteiger partial charge is 0.478 e. The number of urea groups is 1. The normalized spacial score (nSPS) is 11.1. The molecule has 1 rings (SSSR count). The van der Waals surface area contributed by atoms with Crippen LogP contribution in [0.3, 0.4) is 0 Å². The third-order valence-electron chi connectivity index (χ3n) is 2.32. The van der Waals surface area contributed by atoms with Crippen molar-refractivity contribution in [2.75, 3.05) is 11.9 Å². The molecular formula is C13H16F2N2O3. The van der Waals surface area contributed by atoms with E-state index in [1.54, 1.807) is 0 Å². The summed E-state index contributed by atoms with van der Waals surface area (Å²) >= 11 is 0. The number of rotatable bonds is 3. The smallest absolute Gasteiger partial charge is 0.337 e. The molecule has 0 saturated carbocycles. The first-order chi connectivity index (χ1) is 9.10. The van der Waals surface area contributed by atoms with E-state index in [9.17, 15) is 18.4 Å². The van der Waals surface area contributed by atoms with E-state index in [-0.39, 0.29) is 11.1 Å². The van der Waals surface area contributed by atoms with Crippen molar-refractivity contribution in [1.82, 2.24) is 5.32 Å². The Hall–Kier alpha value is -2.18. The second-order valence-electron chi connectivity index (χ2n) is 5.49. The van der Waals surface area contributed by atoms with Crippen LogP contribution < -0.4 is 10.6 Å². The fourth-order valence-electron chi connectivity index (χ4n) is 1.34. The molecule has 7 heteroatoms. The number of aromatic carboxylic acids is 1. The number of halogens is 2. The summed E-state index contributed by atoms with van der Waals surface area (Å²) < 4.78 is 26.1. The molecule has 0 saturated heterocycles. The lowest BCUT2D eigenvalue weighted by Crippen LogP contribution is -2.35. The number of carbonyl (C=O) groups excluding carboxylic acids is 1. The van der Waals surface area contributed by atoms with Crippen molar-refractivity contribution >= 4 is 17.7 Å². The van der Waals surface area contributed by atoms with Crippen LogP contribution in [0.5, 0.6) is 0 Å². The number of amides is 2. The van der Waals surface area contributed by atoms with E-state index in [1.165, 1.54) is 0 Å². The Bertz CT molecular complexity index is 539. The van der Waals surface area contributed by atoms with Gasteiger partial charge in [-0.1, -0.05) is 20.8 Å². The van der Waals surface area contributed by atoms with Crippen LogP contribution in [0.4, 0.5) is 19.3 Å². The molecule has 0 bridgehead atoms. The lowest BCUT2D eigenvalue weighted by molar-refractivity contribution is 0.0697. The maximum absolute atomic E-state index is 13.1. The fourth-order valence-corrected chi connectivity index (χ4v) is 1.34. The molecule has 3 N–H and O–H groups in total. The molecule has 0 heterocycles. The lowest BCUT2D eigenvalue weighted by atomic mass is 9.97. The van der Waals surface area contributed by atoms with Crippen molar-refractivity contribution in [3.63, 3.8) is 0 Å². The van der Waals surface area contributed by atoms with Gasteiger partial charge in [-0.3, -0.25) is 0 Å². The summed E-state index contributed by atoms with van der Waals surface area (Å²) in [5.41, 5.74) is -0.987. The number of anilines is 1. The van der Waals surface area contributed by atoms with Gasteiger partial charge in [-0.2, -0.15) is 0 Å². The fraction of sp³-hybridized carbons (Fsp3) is 0.385. The van der Waals surface area contributed by atoms with Crippen LogP contribution in [0.25, 0.3) is 0 Å². The molecule has 0 aliphatic rings. The molecule has 110 valence electrons. The van der Waals surface area contributed by atoms with E-state index in [0.717, 1.165) is 0 Å². The van der Waals surface area contributed by atoms with Crippen LogP contribution in [0.2, 0.25) is 0 Å². The van der Waals surface area contributed by atoms with Crippen LogP contribution in [0.1, 0.15) is 31.1 Å². The highest BCUT2D eigenvalue weighted by molar-refractivity contribution is 6.00. The summed E-state index contributed by atoms with van der Waals surface area (Å²) in [7, 11) is 0. The van der Waals surface area contributed by atoms with E-state index in [1.807, 2.05) is 20.8 Å². The second kappa shape index (κ2) is 5.85. The zero-order valence-corrected chi connectivity index (χ0v) is 11.4. The van der Waals surface area contributed by atoms with E-state index in [4.69, 9.17) is 5.11 Å². The van der Waals surface area contributed by atoms with Crippen LogP contribution >= 0.6 is 0 Å². The molecule has 0 aliphatic heterocycles. The van der Waals surface area contributed by atoms with Gasteiger partial charge in [0.1, 0.15) is 0 Å². The second-order valence-corrected chi connectivity index (χ2v) is 5.49. The predicted octanol–water partition coefficient (Wildman–Crippen LogP) is 2.83. The van der Waals surface area contributed by atoms with Gasteiger partial charge in [-0.05, 0) is 11.5 Å². The zero-order valence-electron chi connectivity index (χ0n) is 11.4. The maximum atomic E-state index is 13.1. The standard InChI is InChI=1S/C13H16F2N2O3/c1-13(2,3)6-16-12(20)17-10-5-9(15)8(14)4-7(10)11(18)19/h4-5H,6H2,1-3H3,(H,18,19)(H2,16,17,20). The van der Waals surface area contributed by atoms with Crippen LogP contribution in [-0.4, -0.2) is 23.7 Å². The Kier molecular flexibility index (Phi) is 4.65. The minimum Gasteiger partial charge on any atom is -0.478 e. The number of benzene rings is 1. The molecule has 0 unspecified atom stereocenters. The Labute approximate surface area is 115 Å². The molecule has 0 spiro atoms. The summed E-state index contributed by atoms with van der Waals surface area (Å²) in [4.78, 5) is 22.5. The maximum Gasteiger partial charge on any atom is 0.337 e. The third kappa shape index (κ3) is 4.49. The first-order valence-electron chi connectivity index (χ1n) is 5.87. The summed E-state index contributed by atoms with van der Waals surface area (Å²) in [6, 6.07) is 0.473. The number of hydrogen-bond donors (Lipinski definition) is 3. The van der Waals surface area contributed by atoms with Gasteiger partial charge in [0.2, 0.25) is 0 Å². The van der Waals surface area contributed by atoms with Crippen molar-refractivity contribution in [3.8, 4) is 0 Å². The van der Waals surface area contributed by atoms with Crippen molar-refractivity contribution in [2.45, 2.75) is 20.8 Å². The summed E-state index contributed by atoms with van der Waals surface area (Å²) in [5, 5.41) is 13.6. The minimum absolute atomic E-state index is 0.166. The molecule has 0 aliphatic carbocycles. The summed E-state index contributed by atoms with van der Waals surface area (Å²) in [5.74, 6) is -3.99.